The Hall–Kier alpha value is -2.17. The monoisotopic (exact) mass is 519 g/mol. The van der Waals surface area contributed by atoms with Crippen molar-refractivity contribution in [1.29, 1.82) is 5.26 Å². The van der Waals surface area contributed by atoms with Gasteiger partial charge in [-0.3, -0.25) is 4.79 Å². The second kappa shape index (κ2) is 10.1. The minimum absolute atomic E-state index is 0.0837. The minimum Gasteiger partial charge on any atom is -0.394 e. The third kappa shape index (κ3) is 5.49. The van der Waals surface area contributed by atoms with Crippen molar-refractivity contribution in [3.05, 3.63) is 69.5 Å². The fraction of sp³-hybridized carbons (Fsp3) is 0.481. The molecule has 0 aromatic heterocycles. The lowest BCUT2D eigenvalue weighted by molar-refractivity contribution is -0.125. The van der Waals surface area contributed by atoms with Gasteiger partial charge in [0.15, 0.2) is 0 Å². The van der Waals surface area contributed by atoms with Gasteiger partial charge in [-0.25, -0.2) is 4.39 Å². The smallest absolute Gasteiger partial charge is 0.238 e. The van der Waals surface area contributed by atoms with Crippen molar-refractivity contribution in [3.63, 3.8) is 0 Å². The molecule has 1 amide bonds. The van der Waals surface area contributed by atoms with Crippen LogP contribution >= 0.6 is 23.2 Å². The van der Waals surface area contributed by atoms with Gasteiger partial charge in [0.2, 0.25) is 5.91 Å². The van der Waals surface area contributed by atoms with Crippen LogP contribution in [0.1, 0.15) is 58.1 Å². The molecule has 0 bridgehead atoms. The molecule has 1 heterocycles. The molecule has 0 spiro atoms. The summed E-state index contributed by atoms with van der Waals surface area (Å²) in [4.78, 5) is 13.6. The summed E-state index contributed by atoms with van der Waals surface area (Å²) >= 11 is 12.3. The summed E-state index contributed by atoms with van der Waals surface area (Å²) in [5.74, 6) is -2.00. The second-order valence-electron chi connectivity index (χ2n) is 11.1. The van der Waals surface area contributed by atoms with Crippen molar-refractivity contribution < 1.29 is 14.3 Å². The molecular formula is C27H32Cl2FN3O2. The third-order valence-electron chi connectivity index (χ3n) is 6.53. The van der Waals surface area contributed by atoms with Crippen molar-refractivity contribution in [2.24, 2.45) is 5.41 Å². The number of carbonyl (C=O) groups is 1. The number of nitrogens with one attached hydrogen (secondary N) is 2. The fourth-order valence-corrected chi connectivity index (χ4v) is 5.25. The molecule has 1 aliphatic heterocycles. The van der Waals surface area contributed by atoms with Crippen LogP contribution in [-0.4, -0.2) is 35.2 Å². The van der Waals surface area contributed by atoms with Gasteiger partial charge in [0.25, 0.3) is 0 Å². The Balaban J connectivity index is 2.31. The lowest BCUT2D eigenvalue weighted by Gasteiger charge is -2.37. The number of aliphatic hydroxyl groups excluding tert-OH is 1. The van der Waals surface area contributed by atoms with E-state index in [9.17, 15) is 15.2 Å². The van der Waals surface area contributed by atoms with E-state index in [1.807, 2.05) is 0 Å². The molecule has 0 saturated carbocycles. The molecule has 0 radical (unpaired) electrons. The first kappa shape index (κ1) is 27.4. The quantitative estimate of drug-likeness (QED) is 0.480. The normalized spacial score (nSPS) is 24.7. The number of carbonyl (C=O) groups excluding carboxylic acids is 1. The number of rotatable bonds is 6. The van der Waals surface area contributed by atoms with E-state index >= 15 is 4.39 Å². The predicted molar refractivity (Wildman–Crippen MR) is 137 cm³/mol. The summed E-state index contributed by atoms with van der Waals surface area (Å²) in [5, 5.41) is 27.2. The van der Waals surface area contributed by atoms with Crippen molar-refractivity contribution in [2.75, 3.05) is 6.61 Å². The van der Waals surface area contributed by atoms with Crippen LogP contribution in [0.5, 0.6) is 0 Å². The average Bonchev–Trinajstić information content (AvgIpc) is 3.09. The van der Waals surface area contributed by atoms with E-state index in [1.54, 1.807) is 50.2 Å². The van der Waals surface area contributed by atoms with Gasteiger partial charge in [-0.15, -0.1) is 0 Å². The number of benzene rings is 2. The first-order chi connectivity index (χ1) is 16.3. The third-order valence-corrected chi connectivity index (χ3v) is 7.08. The zero-order valence-corrected chi connectivity index (χ0v) is 22.1. The highest BCUT2D eigenvalue weighted by Gasteiger charge is 2.60. The van der Waals surface area contributed by atoms with Gasteiger partial charge in [-0.05, 0) is 55.0 Å². The van der Waals surface area contributed by atoms with Crippen LogP contribution in [-0.2, 0) is 10.2 Å². The summed E-state index contributed by atoms with van der Waals surface area (Å²) in [5.41, 5.74) is -1.62. The summed E-state index contributed by atoms with van der Waals surface area (Å²) < 4.78 is 15.6. The molecule has 4 atom stereocenters. The maximum atomic E-state index is 15.6. The Morgan fingerprint density at radius 1 is 1.17 bits per heavy atom. The van der Waals surface area contributed by atoms with Gasteiger partial charge in [0.1, 0.15) is 11.2 Å². The molecule has 1 fully saturated rings. The van der Waals surface area contributed by atoms with E-state index in [2.05, 4.69) is 37.5 Å². The number of hydrogen-bond donors (Lipinski definition) is 3. The summed E-state index contributed by atoms with van der Waals surface area (Å²) in [7, 11) is 0. The van der Waals surface area contributed by atoms with Crippen LogP contribution in [0.15, 0.2) is 42.5 Å². The molecule has 188 valence electrons. The standard InChI is InChI=1S/C27H32Cl2FN3O2/c1-25(2,3)13-20-27(14-31,16-9-11-17(28)12-10-16)21(18-7-6-8-19(29)22(18)30)23(32-20)24(35)33-26(4,5)15-34/h6-12,20-21,23,32,34H,13,15H2,1-5H3,(H,33,35)/t20-,21-,23+,27-/m0/s1. The molecule has 5 nitrogen and oxygen atoms in total. The first-order valence-corrected chi connectivity index (χ1v) is 12.3. The van der Waals surface area contributed by atoms with Crippen molar-refractivity contribution in [2.45, 2.75) is 70.0 Å². The summed E-state index contributed by atoms with van der Waals surface area (Å²) in [6.07, 6.45) is 0.537. The summed E-state index contributed by atoms with van der Waals surface area (Å²) in [6, 6.07) is 12.6. The van der Waals surface area contributed by atoms with E-state index in [0.29, 0.717) is 17.0 Å². The Morgan fingerprint density at radius 2 is 1.80 bits per heavy atom. The Bertz CT molecular complexity index is 1120. The molecule has 1 saturated heterocycles. The molecule has 8 heteroatoms. The van der Waals surface area contributed by atoms with Gasteiger partial charge < -0.3 is 15.7 Å². The predicted octanol–water partition coefficient (Wildman–Crippen LogP) is 5.34. The highest BCUT2D eigenvalue weighted by molar-refractivity contribution is 6.31. The second-order valence-corrected chi connectivity index (χ2v) is 11.9. The lowest BCUT2D eigenvalue weighted by atomic mass is 9.63. The Kier molecular flexibility index (Phi) is 7.88. The number of hydrogen-bond acceptors (Lipinski definition) is 4. The largest absolute Gasteiger partial charge is 0.394 e. The van der Waals surface area contributed by atoms with Gasteiger partial charge in [0, 0.05) is 17.0 Å². The van der Waals surface area contributed by atoms with E-state index in [-0.39, 0.29) is 22.6 Å². The zero-order valence-electron chi connectivity index (χ0n) is 20.6. The van der Waals surface area contributed by atoms with Crippen LogP contribution < -0.4 is 10.6 Å². The van der Waals surface area contributed by atoms with Gasteiger partial charge in [0.05, 0.1) is 29.3 Å². The number of amides is 1. The highest BCUT2D eigenvalue weighted by atomic mass is 35.5. The zero-order chi connectivity index (χ0) is 26.2. The van der Waals surface area contributed by atoms with Gasteiger partial charge >= 0.3 is 0 Å². The minimum atomic E-state index is -1.31. The number of halogens is 3. The topological polar surface area (TPSA) is 85.2 Å². The van der Waals surface area contributed by atoms with E-state index in [4.69, 9.17) is 23.2 Å². The van der Waals surface area contributed by atoms with E-state index < -0.39 is 40.7 Å². The molecule has 2 aromatic carbocycles. The highest BCUT2D eigenvalue weighted by Crippen LogP contribution is 2.52. The SMILES string of the molecule is CC(C)(C)C[C@@H]1N[C@@H](C(=O)NC(C)(C)CO)[C@H](c2cccc(Cl)c2F)[C@@]1(C#N)c1ccc(Cl)cc1. The van der Waals surface area contributed by atoms with Crippen LogP contribution in [0.4, 0.5) is 4.39 Å². The summed E-state index contributed by atoms with van der Waals surface area (Å²) in [6.45, 7) is 9.26. The number of nitrogens with zero attached hydrogens (tertiary/aromatic N) is 1. The van der Waals surface area contributed by atoms with Crippen LogP contribution in [0.25, 0.3) is 0 Å². The maximum Gasteiger partial charge on any atom is 0.238 e. The molecule has 2 aromatic rings. The van der Waals surface area contributed by atoms with Gasteiger partial charge in [-0.2, -0.15) is 5.26 Å². The molecule has 3 rings (SSSR count). The van der Waals surface area contributed by atoms with Crippen molar-refractivity contribution in [3.8, 4) is 6.07 Å². The Morgan fingerprint density at radius 3 is 2.34 bits per heavy atom. The van der Waals surface area contributed by atoms with E-state index in [1.165, 1.54) is 6.07 Å². The molecule has 3 N–H and O–H groups in total. The maximum absolute atomic E-state index is 15.6. The van der Waals surface area contributed by atoms with Crippen molar-refractivity contribution in [1.82, 2.24) is 10.6 Å². The average molecular weight is 520 g/mol. The van der Waals surface area contributed by atoms with Gasteiger partial charge in [-0.1, -0.05) is 68.2 Å². The van der Waals surface area contributed by atoms with E-state index in [0.717, 1.165) is 0 Å². The fourth-order valence-electron chi connectivity index (χ4n) is 4.94. The number of aliphatic hydroxyl groups is 1. The van der Waals surface area contributed by atoms with Crippen molar-refractivity contribution >= 4 is 29.1 Å². The Labute approximate surface area is 216 Å². The molecular weight excluding hydrogens is 488 g/mol. The molecule has 1 aliphatic rings. The van der Waals surface area contributed by atoms with Crippen LogP contribution in [0.3, 0.4) is 0 Å². The lowest BCUT2D eigenvalue weighted by Crippen LogP contribution is -2.54. The molecule has 0 aliphatic carbocycles. The molecule has 35 heavy (non-hydrogen) atoms. The molecule has 0 unspecified atom stereocenters. The first-order valence-electron chi connectivity index (χ1n) is 11.6. The van der Waals surface area contributed by atoms with Crippen LogP contribution in [0.2, 0.25) is 10.0 Å². The van der Waals surface area contributed by atoms with Crippen LogP contribution in [0, 0.1) is 22.6 Å². The number of nitriles is 1.